The van der Waals surface area contributed by atoms with Crippen molar-refractivity contribution < 1.29 is 14.3 Å². The summed E-state index contributed by atoms with van der Waals surface area (Å²) in [6, 6.07) is 14.3. The molecular formula is C20H20N2O3. The highest BCUT2D eigenvalue weighted by Gasteiger charge is 2.21. The minimum Gasteiger partial charge on any atom is -0.449 e. The number of anilines is 1. The van der Waals surface area contributed by atoms with Gasteiger partial charge >= 0.3 is 0 Å². The highest BCUT2D eigenvalue weighted by atomic mass is 16.5. The molecule has 2 amide bonds. The van der Waals surface area contributed by atoms with Crippen molar-refractivity contribution in [2.24, 2.45) is 0 Å². The van der Waals surface area contributed by atoms with Gasteiger partial charge in [-0.15, -0.1) is 0 Å². The van der Waals surface area contributed by atoms with Gasteiger partial charge in [-0.05, 0) is 42.3 Å². The molecule has 25 heavy (non-hydrogen) atoms. The third-order valence-electron chi connectivity index (χ3n) is 3.87. The number of rotatable bonds is 5. The molecule has 128 valence electrons. The molecule has 0 unspecified atom stereocenters. The van der Waals surface area contributed by atoms with Crippen LogP contribution in [0.1, 0.15) is 35.7 Å². The molecule has 0 saturated carbocycles. The molecule has 0 radical (unpaired) electrons. The molecule has 3 rings (SSSR count). The van der Waals surface area contributed by atoms with Crippen molar-refractivity contribution in [2.45, 2.75) is 19.8 Å². The maximum Gasteiger partial charge on any atom is 0.291 e. The standard InChI is InChI=1S/C20H20N2O3/c1-2-3-12-21-19(23)15-10-8-14(9-11-15)13-18-20(24)22-16-6-4-5-7-17(16)25-18/h4-11,13H,2-3,12H2,1H3,(H,21,23)(H,22,24). The summed E-state index contributed by atoms with van der Waals surface area (Å²) in [5.74, 6) is 0.451. The molecule has 1 aliphatic heterocycles. The first-order valence-electron chi connectivity index (χ1n) is 8.35. The van der Waals surface area contributed by atoms with Crippen molar-refractivity contribution in [2.75, 3.05) is 11.9 Å². The first kappa shape index (κ1) is 16.8. The van der Waals surface area contributed by atoms with Gasteiger partial charge < -0.3 is 15.4 Å². The zero-order valence-corrected chi connectivity index (χ0v) is 14.0. The highest BCUT2D eigenvalue weighted by Crippen LogP contribution is 2.30. The van der Waals surface area contributed by atoms with Gasteiger partial charge in [0.15, 0.2) is 11.5 Å². The van der Waals surface area contributed by atoms with Crippen LogP contribution in [0.4, 0.5) is 5.69 Å². The van der Waals surface area contributed by atoms with Gasteiger partial charge in [0.05, 0.1) is 5.69 Å². The van der Waals surface area contributed by atoms with E-state index >= 15 is 0 Å². The molecule has 1 aliphatic rings. The van der Waals surface area contributed by atoms with Gasteiger partial charge in [-0.25, -0.2) is 0 Å². The fourth-order valence-corrected chi connectivity index (χ4v) is 2.47. The Morgan fingerprint density at radius 1 is 1.16 bits per heavy atom. The summed E-state index contributed by atoms with van der Waals surface area (Å²) in [5, 5.41) is 5.67. The van der Waals surface area contributed by atoms with Crippen LogP contribution < -0.4 is 15.4 Å². The van der Waals surface area contributed by atoms with Crippen LogP contribution in [0.5, 0.6) is 5.75 Å². The Bertz CT molecular complexity index is 810. The van der Waals surface area contributed by atoms with Crippen molar-refractivity contribution in [3.05, 3.63) is 65.4 Å². The summed E-state index contributed by atoms with van der Waals surface area (Å²) in [7, 11) is 0. The molecule has 5 heteroatoms. The molecule has 0 atom stereocenters. The van der Waals surface area contributed by atoms with E-state index in [1.165, 1.54) is 0 Å². The number of carbonyl (C=O) groups is 2. The molecule has 0 fully saturated rings. The molecule has 0 aliphatic carbocycles. The van der Waals surface area contributed by atoms with E-state index in [2.05, 4.69) is 17.6 Å². The summed E-state index contributed by atoms with van der Waals surface area (Å²) in [5.41, 5.74) is 2.04. The third-order valence-corrected chi connectivity index (χ3v) is 3.87. The summed E-state index contributed by atoms with van der Waals surface area (Å²) in [4.78, 5) is 24.1. The lowest BCUT2D eigenvalue weighted by atomic mass is 10.1. The van der Waals surface area contributed by atoms with E-state index < -0.39 is 0 Å². The smallest absolute Gasteiger partial charge is 0.291 e. The van der Waals surface area contributed by atoms with Gasteiger partial charge in [0.25, 0.3) is 11.8 Å². The maximum atomic E-state index is 12.1. The Kier molecular flexibility index (Phi) is 5.14. The van der Waals surface area contributed by atoms with Crippen molar-refractivity contribution in [1.29, 1.82) is 0 Å². The van der Waals surface area contributed by atoms with E-state index in [0.29, 0.717) is 23.5 Å². The van der Waals surface area contributed by atoms with Gasteiger partial charge in [0, 0.05) is 12.1 Å². The second-order valence-corrected chi connectivity index (χ2v) is 5.79. The Labute approximate surface area is 146 Å². The normalized spacial score (nSPS) is 14.4. The molecule has 1 heterocycles. The largest absolute Gasteiger partial charge is 0.449 e. The SMILES string of the molecule is CCCCNC(=O)c1ccc(C=C2Oc3ccccc3NC2=O)cc1. The number of hydrogen-bond donors (Lipinski definition) is 2. The summed E-state index contributed by atoms with van der Waals surface area (Å²) in [6.45, 7) is 2.75. The number of unbranched alkanes of at least 4 members (excludes halogenated alkanes) is 1. The second-order valence-electron chi connectivity index (χ2n) is 5.79. The van der Waals surface area contributed by atoms with Crippen LogP contribution in [0.3, 0.4) is 0 Å². The van der Waals surface area contributed by atoms with Gasteiger partial charge in [0.1, 0.15) is 0 Å². The molecule has 0 spiro atoms. The van der Waals surface area contributed by atoms with Gasteiger partial charge in [-0.2, -0.15) is 0 Å². The average Bonchev–Trinajstić information content (AvgIpc) is 2.63. The van der Waals surface area contributed by atoms with Crippen LogP contribution >= 0.6 is 0 Å². The van der Waals surface area contributed by atoms with Gasteiger partial charge in [0.2, 0.25) is 0 Å². The zero-order valence-electron chi connectivity index (χ0n) is 14.0. The molecule has 2 aromatic rings. The number of benzene rings is 2. The average molecular weight is 336 g/mol. The Balaban J connectivity index is 1.72. The molecule has 0 bridgehead atoms. The maximum absolute atomic E-state index is 12.1. The van der Waals surface area contributed by atoms with E-state index in [4.69, 9.17) is 4.74 Å². The monoisotopic (exact) mass is 336 g/mol. The van der Waals surface area contributed by atoms with Crippen molar-refractivity contribution in [1.82, 2.24) is 5.32 Å². The predicted octanol–water partition coefficient (Wildman–Crippen LogP) is 3.59. The predicted molar refractivity (Wildman–Crippen MR) is 97.4 cm³/mol. The summed E-state index contributed by atoms with van der Waals surface area (Å²) in [6.07, 6.45) is 3.66. The lowest BCUT2D eigenvalue weighted by molar-refractivity contribution is -0.115. The fraction of sp³-hybridized carbons (Fsp3) is 0.200. The Hall–Kier alpha value is -3.08. The van der Waals surface area contributed by atoms with E-state index in [-0.39, 0.29) is 17.6 Å². The highest BCUT2D eigenvalue weighted by molar-refractivity contribution is 6.08. The second kappa shape index (κ2) is 7.66. The number of nitrogens with one attached hydrogen (secondary N) is 2. The van der Waals surface area contributed by atoms with E-state index in [9.17, 15) is 9.59 Å². The van der Waals surface area contributed by atoms with Gasteiger partial charge in [-0.3, -0.25) is 9.59 Å². The molecule has 2 aromatic carbocycles. The number of para-hydroxylation sites is 2. The topological polar surface area (TPSA) is 67.4 Å². The van der Waals surface area contributed by atoms with E-state index in [0.717, 1.165) is 18.4 Å². The zero-order chi connectivity index (χ0) is 17.6. The number of carbonyl (C=O) groups excluding carboxylic acids is 2. The van der Waals surface area contributed by atoms with Crippen molar-refractivity contribution in [3.63, 3.8) is 0 Å². The van der Waals surface area contributed by atoms with Crippen LogP contribution in [-0.4, -0.2) is 18.4 Å². The Morgan fingerprint density at radius 2 is 1.92 bits per heavy atom. The molecule has 2 N–H and O–H groups in total. The first-order valence-corrected chi connectivity index (χ1v) is 8.35. The van der Waals surface area contributed by atoms with Crippen LogP contribution in [-0.2, 0) is 4.79 Å². The van der Waals surface area contributed by atoms with Crippen LogP contribution in [0.15, 0.2) is 54.3 Å². The molecule has 0 saturated heterocycles. The molecular weight excluding hydrogens is 316 g/mol. The summed E-state index contributed by atoms with van der Waals surface area (Å²) < 4.78 is 5.66. The quantitative estimate of drug-likeness (QED) is 0.648. The number of ether oxygens (including phenoxy) is 1. The van der Waals surface area contributed by atoms with Crippen molar-refractivity contribution >= 4 is 23.6 Å². The Morgan fingerprint density at radius 3 is 2.68 bits per heavy atom. The molecule has 5 nitrogen and oxygen atoms in total. The minimum atomic E-state index is -0.292. The lowest BCUT2D eigenvalue weighted by Gasteiger charge is -2.19. The van der Waals surface area contributed by atoms with Crippen molar-refractivity contribution in [3.8, 4) is 5.75 Å². The van der Waals surface area contributed by atoms with E-state index in [1.54, 1.807) is 42.5 Å². The number of amides is 2. The van der Waals surface area contributed by atoms with Gasteiger partial charge in [-0.1, -0.05) is 37.6 Å². The van der Waals surface area contributed by atoms with E-state index in [1.807, 2.05) is 12.1 Å². The third kappa shape index (κ3) is 4.07. The minimum absolute atomic E-state index is 0.0896. The lowest BCUT2D eigenvalue weighted by Crippen LogP contribution is -2.24. The number of fused-ring (bicyclic) bond motifs is 1. The van der Waals surface area contributed by atoms with Crippen LogP contribution in [0.25, 0.3) is 6.08 Å². The molecule has 0 aromatic heterocycles. The number of hydrogen-bond acceptors (Lipinski definition) is 3. The first-order chi connectivity index (χ1) is 12.2. The van der Waals surface area contributed by atoms with Crippen LogP contribution in [0, 0.1) is 0 Å². The summed E-state index contributed by atoms with van der Waals surface area (Å²) >= 11 is 0. The van der Waals surface area contributed by atoms with Crippen LogP contribution in [0.2, 0.25) is 0 Å². The fourth-order valence-electron chi connectivity index (χ4n) is 2.47.